The van der Waals surface area contributed by atoms with Gasteiger partial charge in [-0.2, -0.15) is 0 Å². The molecule has 21 heavy (non-hydrogen) atoms. The predicted molar refractivity (Wildman–Crippen MR) is 79.3 cm³/mol. The smallest absolute Gasteiger partial charge is 0.273 e. The molecule has 0 radical (unpaired) electrons. The predicted octanol–water partition coefficient (Wildman–Crippen LogP) is 1.67. The van der Waals surface area contributed by atoms with Crippen molar-refractivity contribution in [3.05, 3.63) is 17.5 Å². The van der Waals surface area contributed by atoms with Crippen LogP contribution in [0.4, 0.5) is 0 Å². The van der Waals surface area contributed by atoms with Crippen LogP contribution in [0.25, 0.3) is 0 Å². The van der Waals surface area contributed by atoms with Crippen LogP contribution >= 0.6 is 15.9 Å². The number of alkyl halides is 1. The third-order valence-electron chi connectivity index (χ3n) is 4.04. The zero-order chi connectivity index (χ0) is 14.8. The lowest BCUT2D eigenvalue weighted by atomic mass is 10.0. The molecule has 1 aliphatic heterocycles. The van der Waals surface area contributed by atoms with Crippen LogP contribution in [0.15, 0.2) is 10.6 Å². The summed E-state index contributed by atoms with van der Waals surface area (Å²) in [5, 5.41) is 7.17. The van der Waals surface area contributed by atoms with E-state index in [1.807, 2.05) is 4.90 Å². The Morgan fingerprint density at radius 1 is 1.33 bits per heavy atom. The molecule has 1 aromatic heterocycles. The Morgan fingerprint density at radius 2 is 2.05 bits per heavy atom. The number of hydrogen-bond acceptors (Lipinski definition) is 4. The van der Waals surface area contributed by atoms with Gasteiger partial charge in [-0.3, -0.25) is 9.59 Å². The summed E-state index contributed by atoms with van der Waals surface area (Å²) >= 11 is 3.18. The Balaban J connectivity index is 1.50. The summed E-state index contributed by atoms with van der Waals surface area (Å²) in [6, 6.07) is 1.84. The van der Waals surface area contributed by atoms with Crippen molar-refractivity contribution in [1.29, 1.82) is 0 Å². The van der Waals surface area contributed by atoms with Crippen LogP contribution in [-0.2, 0) is 4.79 Å². The number of nitrogens with one attached hydrogen (secondary N) is 1. The maximum atomic E-state index is 12.1. The highest BCUT2D eigenvalue weighted by atomic mass is 79.9. The third-order valence-corrected chi connectivity index (χ3v) is 4.52. The van der Waals surface area contributed by atoms with Crippen molar-refractivity contribution < 1.29 is 14.1 Å². The Kier molecular flexibility index (Phi) is 4.28. The molecular weight excluding hydrogens is 338 g/mol. The number of rotatable bonds is 4. The van der Waals surface area contributed by atoms with Gasteiger partial charge in [0.25, 0.3) is 5.91 Å². The fraction of sp³-hybridized carbons (Fsp3) is 0.643. The van der Waals surface area contributed by atoms with Crippen molar-refractivity contribution in [3.8, 4) is 0 Å². The molecule has 2 amide bonds. The topological polar surface area (TPSA) is 75.4 Å². The fourth-order valence-electron chi connectivity index (χ4n) is 2.57. The minimum atomic E-state index is -0.184. The van der Waals surface area contributed by atoms with Gasteiger partial charge < -0.3 is 14.7 Å². The van der Waals surface area contributed by atoms with E-state index in [-0.39, 0.29) is 17.9 Å². The quantitative estimate of drug-likeness (QED) is 0.833. The average molecular weight is 356 g/mol. The summed E-state index contributed by atoms with van der Waals surface area (Å²) in [7, 11) is 0. The Labute approximate surface area is 131 Å². The third kappa shape index (κ3) is 3.45. The molecule has 114 valence electrons. The van der Waals surface area contributed by atoms with Crippen LogP contribution in [0.2, 0.25) is 0 Å². The minimum Gasteiger partial charge on any atom is -0.360 e. The molecule has 2 aliphatic rings. The second-order valence-electron chi connectivity index (χ2n) is 5.65. The highest BCUT2D eigenvalue weighted by molar-refractivity contribution is 9.09. The standard InChI is InChI=1S/C14H18BrN3O3/c15-8-13(19)18-5-3-10(4-6-18)16-14(20)11-7-12(21-17-11)9-1-2-9/h7,9-10H,1-6,8H2,(H,16,20). The zero-order valence-electron chi connectivity index (χ0n) is 11.7. The van der Waals surface area contributed by atoms with E-state index in [1.54, 1.807) is 6.07 Å². The first-order valence-corrected chi connectivity index (χ1v) is 8.40. The first kappa shape index (κ1) is 14.6. The van der Waals surface area contributed by atoms with Gasteiger partial charge in [-0.15, -0.1) is 0 Å². The maximum absolute atomic E-state index is 12.1. The summed E-state index contributed by atoms with van der Waals surface area (Å²) in [5.41, 5.74) is 0.357. The van der Waals surface area contributed by atoms with Crippen LogP contribution in [0.5, 0.6) is 0 Å². The van der Waals surface area contributed by atoms with Gasteiger partial charge in [-0.05, 0) is 25.7 Å². The van der Waals surface area contributed by atoms with Gasteiger partial charge in [0, 0.05) is 31.1 Å². The lowest BCUT2D eigenvalue weighted by Gasteiger charge is -2.31. The van der Waals surface area contributed by atoms with Gasteiger partial charge in [0.1, 0.15) is 5.76 Å². The number of piperidine rings is 1. The van der Waals surface area contributed by atoms with Gasteiger partial charge in [-0.1, -0.05) is 21.1 Å². The normalized spacial score (nSPS) is 19.6. The lowest BCUT2D eigenvalue weighted by molar-refractivity contribution is -0.129. The van der Waals surface area contributed by atoms with Crippen LogP contribution in [0.1, 0.15) is 47.8 Å². The maximum Gasteiger partial charge on any atom is 0.273 e. The highest BCUT2D eigenvalue weighted by Gasteiger charge is 2.29. The molecule has 2 heterocycles. The van der Waals surface area contributed by atoms with Crippen molar-refractivity contribution in [2.24, 2.45) is 0 Å². The molecule has 0 spiro atoms. The van der Waals surface area contributed by atoms with Crippen molar-refractivity contribution in [1.82, 2.24) is 15.4 Å². The van der Waals surface area contributed by atoms with E-state index in [9.17, 15) is 9.59 Å². The second-order valence-corrected chi connectivity index (χ2v) is 6.21. The van der Waals surface area contributed by atoms with E-state index in [4.69, 9.17) is 4.52 Å². The van der Waals surface area contributed by atoms with E-state index >= 15 is 0 Å². The van der Waals surface area contributed by atoms with E-state index < -0.39 is 0 Å². The Bertz CT molecular complexity index is 533. The van der Waals surface area contributed by atoms with Crippen molar-refractivity contribution in [3.63, 3.8) is 0 Å². The number of aromatic nitrogens is 1. The first-order valence-electron chi connectivity index (χ1n) is 7.28. The largest absolute Gasteiger partial charge is 0.360 e. The van der Waals surface area contributed by atoms with Crippen LogP contribution in [0, 0.1) is 0 Å². The molecule has 0 bridgehead atoms. The van der Waals surface area contributed by atoms with E-state index in [2.05, 4.69) is 26.4 Å². The van der Waals surface area contributed by atoms with Crippen LogP contribution < -0.4 is 5.32 Å². The minimum absolute atomic E-state index is 0.0953. The Hall–Kier alpha value is -1.37. The van der Waals surface area contributed by atoms with E-state index in [0.29, 0.717) is 30.0 Å². The molecule has 1 N–H and O–H groups in total. The van der Waals surface area contributed by atoms with Gasteiger partial charge in [-0.25, -0.2) is 0 Å². The van der Waals surface area contributed by atoms with Crippen molar-refractivity contribution in [2.45, 2.75) is 37.6 Å². The molecule has 6 nitrogen and oxygen atoms in total. The number of nitrogens with zero attached hydrogens (tertiary/aromatic N) is 2. The number of hydrogen-bond donors (Lipinski definition) is 1. The molecule has 0 unspecified atom stereocenters. The van der Waals surface area contributed by atoms with Gasteiger partial charge in [0.05, 0.1) is 5.33 Å². The lowest BCUT2D eigenvalue weighted by Crippen LogP contribution is -2.46. The molecule has 1 aromatic rings. The molecule has 1 saturated heterocycles. The number of carbonyl (C=O) groups is 2. The molecule has 7 heteroatoms. The molecule has 1 saturated carbocycles. The van der Waals surface area contributed by atoms with Gasteiger partial charge >= 0.3 is 0 Å². The average Bonchev–Trinajstić information content (AvgIpc) is 3.24. The molecule has 2 fully saturated rings. The fourth-order valence-corrected chi connectivity index (χ4v) is 2.93. The molecule has 0 atom stereocenters. The number of likely N-dealkylation sites (tertiary alicyclic amines) is 1. The molecule has 0 aromatic carbocycles. The van der Waals surface area contributed by atoms with E-state index in [1.165, 1.54) is 0 Å². The number of amides is 2. The van der Waals surface area contributed by atoms with E-state index in [0.717, 1.165) is 31.4 Å². The van der Waals surface area contributed by atoms with Crippen LogP contribution in [-0.4, -0.2) is 46.3 Å². The zero-order valence-corrected chi connectivity index (χ0v) is 13.3. The monoisotopic (exact) mass is 355 g/mol. The first-order chi connectivity index (χ1) is 10.2. The summed E-state index contributed by atoms with van der Waals surface area (Å²) < 4.78 is 5.19. The SMILES string of the molecule is O=C(NC1CCN(C(=O)CBr)CC1)c1cc(C2CC2)on1. The Morgan fingerprint density at radius 3 is 2.67 bits per heavy atom. The molecular formula is C14H18BrN3O3. The van der Waals surface area contributed by atoms with Crippen molar-refractivity contribution in [2.75, 3.05) is 18.4 Å². The number of halogens is 1. The van der Waals surface area contributed by atoms with Gasteiger partial charge in [0.2, 0.25) is 5.91 Å². The van der Waals surface area contributed by atoms with Crippen LogP contribution in [0.3, 0.4) is 0 Å². The summed E-state index contributed by atoms with van der Waals surface area (Å²) in [4.78, 5) is 25.5. The van der Waals surface area contributed by atoms with Crippen molar-refractivity contribution >= 4 is 27.7 Å². The summed E-state index contributed by atoms with van der Waals surface area (Å²) in [6.45, 7) is 1.36. The molecule has 1 aliphatic carbocycles. The second kappa shape index (κ2) is 6.17. The summed E-state index contributed by atoms with van der Waals surface area (Å²) in [5.74, 6) is 1.19. The summed E-state index contributed by atoms with van der Waals surface area (Å²) in [6.07, 6.45) is 3.79. The molecule has 3 rings (SSSR count). The number of carbonyl (C=O) groups excluding carboxylic acids is 2. The van der Waals surface area contributed by atoms with Gasteiger partial charge in [0.15, 0.2) is 5.69 Å². The highest BCUT2D eigenvalue weighted by Crippen LogP contribution is 2.40.